The fraction of sp³-hybridized carbons (Fsp3) is 0.400. The Morgan fingerprint density at radius 3 is 2.45 bits per heavy atom. The van der Waals surface area contributed by atoms with E-state index in [2.05, 4.69) is 33.7 Å². The minimum Gasteiger partial charge on any atom is -0.507 e. The second-order valence-corrected chi connectivity index (χ2v) is 11.0. The van der Waals surface area contributed by atoms with E-state index in [0.717, 1.165) is 24.7 Å². The summed E-state index contributed by atoms with van der Waals surface area (Å²) in [6, 6.07) is 7.16. The van der Waals surface area contributed by atoms with E-state index in [1.807, 2.05) is 31.7 Å². The van der Waals surface area contributed by atoms with Gasteiger partial charge in [-0.3, -0.25) is 9.88 Å². The summed E-state index contributed by atoms with van der Waals surface area (Å²) in [5, 5.41) is 10.8. The van der Waals surface area contributed by atoms with Gasteiger partial charge < -0.3 is 10.0 Å². The number of phenolic OH excluding ortho intramolecular Hbond substituents is 1. The van der Waals surface area contributed by atoms with Crippen molar-refractivity contribution in [3.8, 4) is 22.7 Å². The molecule has 1 aliphatic heterocycles. The number of aromatic nitrogens is 4. The number of aromatic hydroxyl groups is 1. The molecule has 1 aliphatic rings. The number of piperazine rings is 1. The molecule has 1 atom stereocenters. The predicted molar refractivity (Wildman–Crippen MR) is 152 cm³/mol. The van der Waals surface area contributed by atoms with Gasteiger partial charge >= 0.3 is 5.69 Å². The van der Waals surface area contributed by atoms with Crippen molar-refractivity contribution in [1.82, 2.24) is 24.4 Å². The molecule has 4 aromatic rings. The van der Waals surface area contributed by atoms with Gasteiger partial charge in [0, 0.05) is 37.9 Å². The number of hydrogen-bond donors (Lipinski definition) is 1. The normalized spacial score (nSPS) is 16.4. The summed E-state index contributed by atoms with van der Waals surface area (Å²) in [5.41, 5.74) is 0.679. The Labute approximate surface area is 231 Å². The first kappa shape index (κ1) is 27.6. The smallest absolute Gasteiger partial charge is 0.355 e. The maximum absolute atomic E-state index is 15.8. The highest BCUT2D eigenvalue weighted by Crippen LogP contribution is 2.36. The van der Waals surface area contributed by atoms with Crippen LogP contribution in [0.5, 0.6) is 5.75 Å². The molecule has 1 N–H and O–H groups in total. The highest BCUT2D eigenvalue weighted by molar-refractivity contribution is 5.91. The molecule has 0 saturated carbocycles. The van der Waals surface area contributed by atoms with E-state index in [0.29, 0.717) is 35.2 Å². The maximum atomic E-state index is 15.8. The van der Waals surface area contributed by atoms with Crippen LogP contribution in [0.3, 0.4) is 0 Å². The molecule has 10 heteroatoms. The number of rotatable bonds is 5. The second kappa shape index (κ2) is 10.6. The van der Waals surface area contributed by atoms with Gasteiger partial charge in [0.2, 0.25) is 0 Å². The first-order chi connectivity index (χ1) is 19.0. The standard InChI is InChI=1S/C30H34F2N6O2/c1-16(2)20-10-11-33-19(6)27(20)38-29-21(14-23(32)26(34-29)25-22(31)8-7-9-24(25)39)28(35-30(38)40)37-13-12-36(17(3)4)15-18(37)5/h7-11,14,16-18,39H,12-13,15H2,1-6H3. The molecule has 0 bridgehead atoms. The van der Waals surface area contributed by atoms with Crippen LogP contribution in [0.4, 0.5) is 14.6 Å². The number of anilines is 1. The average molecular weight is 549 g/mol. The third-order valence-corrected chi connectivity index (χ3v) is 7.68. The molecule has 0 aliphatic carbocycles. The van der Waals surface area contributed by atoms with E-state index in [1.165, 1.54) is 22.8 Å². The molecule has 3 aromatic heterocycles. The number of halogens is 2. The summed E-state index contributed by atoms with van der Waals surface area (Å²) >= 11 is 0. The molecule has 4 heterocycles. The van der Waals surface area contributed by atoms with Crippen LogP contribution in [0.15, 0.2) is 41.3 Å². The van der Waals surface area contributed by atoms with Crippen LogP contribution in [-0.4, -0.2) is 61.2 Å². The van der Waals surface area contributed by atoms with Gasteiger partial charge in [-0.25, -0.2) is 23.1 Å². The highest BCUT2D eigenvalue weighted by atomic mass is 19.1. The Balaban J connectivity index is 1.85. The number of phenols is 1. The molecule has 0 spiro atoms. The van der Waals surface area contributed by atoms with Gasteiger partial charge in [-0.1, -0.05) is 19.9 Å². The summed E-state index contributed by atoms with van der Waals surface area (Å²) in [4.78, 5) is 31.7. The number of pyridine rings is 2. The molecular formula is C30H34F2N6O2. The number of hydrogen-bond acceptors (Lipinski definition) is 7. The van der Waals surface area contributed by atoms with Crippen LogP contribution in [0.25, 0.3) is 28.0 Å². The minimum absolute atomic E-state index is 0.00759. The second-order valence-electron chi connectivity index (χ2n) is 11.0. The number of aryl methyl sites for hydroxylation is 1. The van der Waals surface area contributed by atoms with Gasteiger partial charge in [0.05, 0.1) is 22.3 Å². The van der Waals surface area contributed by atoms with Crippen LogP contribution in [0, 0.1) is 18.6 Å². The molecule has 5 rings (SSSR count). The average Bonchev–Trinajstić information content (AvgIpc) is 2.89. The van der Waals surface area contributed by atoms with Crippen molar-refractivity contribution in [3.63, 3.8) is 0 Å². The van der Waals surface area contributed by atoms with Crippen LogP contribution in [-0.2, 0) is 0 Å². The summed E-state index contributed by atoms with van der Waals surface area (Å²) in [6.45, 7) is 14.2. The lowest BCUT2D eigenvalue weighted by atomic mass is 10.0. The molecule has 40 heavy (non-hydrogen) atoms. The molecule has 0 radical (unpaired) electrons. The zero-order valence-corrected chi connectivity index (χ0v) is 23.6. The van der Waals surface area contributed by atoms with Gasteiger partial charge in [0.1, 0.15) is 23.1 Å². The molecule has 1 aromatic carbocycles. The van der Waals surface area contributed by atoms with Gasteiger partial charge in [0.15, 0.2) is 11.5 Å². The maximum Gasteiger partial charge on any atom is 0.355 e. The van der Waals surface area contributed by atoms with Crippen LogP contribution >= 0.6 is 0 Å². The number of nitrogens with zero attached hydrogens (tertiary/aromatic N) is 6. The van der Waals surface area contributed by atoms with Crippen molar-refractivity contribution in [2.45, 2.75) is 59.5 Å². The van der Waals surface area contributed by atoms with E-state index < -0.39 is 28.8 Å². The monoisotopic (exact) mass is 548 g/mol. The first-order valence-corrected chi connectivity index (χ1v) is 13.6. The molecule has 0 amide bonds. The van der Waals surface area contributed by atoms with E-state index in [-0.39, 0.29) is 23.2 Å². The molecule has 1 unspecified atom stereocenters. The van der Waals surface area contributed by atoms with Crippen molar-refractivity contribution in [2.24, 2.45) is 0 Å². The fourth-order valence-corrected chi connectivity index (χ4v) is 5.55. The Morgan fingerprint density at radius 2 is 1.80 bits per heavy atom. The van der Waals surface area contributed by atoms with Crippen LogP contribution in [0.2, 0.25) is 0 Å². The largest absolute Gasteiger partial charge is 0.507 e. The Hall–Kier alpha value is -3.92. The Kier molecular flexibility index (Phi) is 7.31. The lowest BCUT2D eigenvalue weighted by Gasteiger charge is -2.42. The third kappa shape index (κ3) is 4.70. The minimum atomic E-state index is -0.832. The zero-order valence-electron chi connectivity index (χ0n) is 23.6. The molecule has 1 saturated heterocycles. The summed E-state index contributed by atoms with van der Waals surface area (Å²) < 4.78 is 32.0. The van der Waals surface area contributed by atoms with Crippen LogP contribution in [0.1, 0.15) is 51.8 Å². The van der Waals surface area contributed by atoms with Crippen LogP contribution < -0.4 is 10.6 Å². The van der Waals surface area contributed by atoms with Crippen molar-refractivity contribution in [2.75, 3.05) is 24.5 Å². The van der Waals surface area contributed by atoms with Gasteiger partial charge in [-0.15, -0.1) is 0 Å². The molecule has 8 nitrogen and oxygen atoms in total. The zero-order chi connectivity index (χ0) is 28.9. The molecular weight excluding hydrogens is 514 g/mol. The van der Waals surface area contributed by atoms with E-state index in [1.54, 1.807) is 13.1 Å². The first-order valence-electron chi connectivity index (χ1n) is 13.6. The third-order valence-electron chi connectivity index (χ3n) is 7.68. The van der Waals surface area contributed by atoms with Crippen molar-refractivity contribution in [3.05, 3.63) is 69.9 Å². The lowest BCUT2D eigenvalue weighted by Crippen LogP contribution is -2.54. The van der Waals surface area contributed by atoms with Gasteiger partial charge in [-0.05, 0) is 63.4 Å². The topological polar surface area (TPSA) is 87.4 Å². The Morgan fingerprint density at radius 1 is 1.05 bits per heavy atom. The van der Waals surface area contributed by atoms with Gasteiger partial charge in [-0.2, -0.15) is 4.98 Å². The van der Waals surface area contributed by atoms with Gasteiger partial charge in [0.25, 0.3) is 0 Å². The van der Waals surface area contributed by atoms with Crippen molar-refractivity contribution < 1.29 is 13.9 Å². The van der Waals surface area contributed by atoms with Crippen molar-refractivity contribution in [1.29, 1.82) is 0 Å². The molecule has 210 valence electrons. The van der Waals surface area contributed by atoms with E-state index >= 15 is 4.39 Å². The number of benzene rings is 1. The SMILES string of the molecule is Cc1nccc(C(C)C)c1-n1c(=O)nc(N2CCN(C(C)C)CC2C)c2cc(F)c(-c3c(O)cccc3F)nc21. The predicted octanol–water partition coefficient (Wildman–Crippen LogP) is 5.18. The number of fused-ring (bicyclic) bond motifs is 1. The quantitative estimate of drug-likeness (QED) is 0.368. The summed E-state index contributed by atoms with van der Waals surface area (Å²) in [6.07, 6.45) is 1.68. The Bertz CT molecular complexity index is 1630. The lowest BCUT2D eigenvalue weighted by molar-refractivity contribution is 0.185. The van der Waals surface area contributed by atoms with Crippen molar-refractivity contribution >= 4 is 16.9 Å². The summed E-state index contributed by atoms with van der Waals surface area (Å²) in [7, 11) is 0. The molecule has 1 fully saturated rings. The van der Waals surface area contributed by atoms with E-state index in [9.17, 15) is 14.3 Å². The summed E-state index contributed by atoms with van der Waals surface area (Å²) in [5.74, 6) is -1.75. The highest BCUT2D eigenvalue weighted by Gasteiger charge is 2.30. The van der Waals surface area contributed by atoms with E-state index in [4.69, 9.17) is 0 Å². The fourth-order valence-electron chi connectivity index (χ4n) is 5.55.